The molecule has 0 radical (unpaired) electrons. The molecule has 1 aliphatic rings. The van der Waals surface area contributed by atoms with E-state index in [0.717, 1.165) is 62.4 Å². The Morgan fingerprint density at radius 2 is 1.83 bits per heavy atom. The zero-order valence-corrected chi connectivity index (χ0v) is 17.2. The van der Waals surface area contributed by atoms with Gasteiger partial charge in [-0.05, 0) is 42.9 Å². The molecule has 152 valence electrons. The van der Waals surface area contributed by atoms with E-state index >= 15 is 0 Å². The Labute approximate surface area is 172 Å². The largest absolute Gasteiger partial charge is 0.341 e. The van der Waals surface area contributed by atoms with Crippen LogP contribution in [0.15, 0.2) is 54.6 Å². The Balaban J connectivity index is 1.29. The molecular formula is C24H30N4O. The maximum Gasteiger partial charge on any atom is 0.222 e. The molecule has 0 spiro atoms. The minimum Gasteiger partial charge on any atom is -0.341 e. The summed E-state index contributed by atoms with van der Waals surface area (Å²) in [5.41, 5.74) is 3.40. The number of hydrogen-bond donors (Lipinski definition) is 1. The molecule has 0 aliphatic carbocycles. The SMILES string of the molecule is CC(CCc1ccccc1)CC(=O)N1CCCN(c2nc3ccccc3[nH]2)CC1. The molecule has 5 nitrogen and oxygen atoms in total. The van der Waals surface area contributed by atoms with Gasteiger partial charge in [0.05, 0.1) is 11.0 Å². The van der Waals surface area contributed by atoms with Gasteiger partial charge in [0.25, 0.3) is 0 Å². The highest BCUT2D eigenvalue weighted by atomic mass is 16.2. The summed E-state index contributed by atoms with van der Waals surface area (Å²) in [6.07, 6.45) is 3.70. The molecule has 4 rings (SSSR count). The average molecular weight is 391 g/mol. The second-order valence-electron chi connectivity index (χ2n) is 8.13. The Bertz CT molecular complexity index is 903. The number of nitrogens with zero attached hydrogens (tertiary/aromatic N) is 3. The van der Waals surface area contributed by atoms with Gasteiger partial charge in [-0.1, -0.05) is 49.4 Å². The van der Waals surface area contributed by atoms with E-state index in [9.17, 15) is 4.79 Å². The van der Waals surface area contributed by atoms with Crippen LogP contribution < -0.4 is 4.90 Å². The van der Waals surface area contributed by atoms with Gasteiger partial charge in [0.1, 0.15) is 0 Å². The van der Waals surface area contributed by atoms with Crippen molar-refractivity contribution in [3.63, 3.8) is 0 Å². The first kappa shape index (κ1) is 19.5. The van der Waals surface area contributed by atoms with Crippen LogP contribution in [-0.4, -0.2) is 47.0 Å². The number of carbonyl (C=O) groups is 1. The van der Waals surface area contributed by atoms with Gasteiger partial charge in [-0.2, -0.15) is 0 Å². The van der Waals surface area contributed by atoms with E-state index in [0.29, 0.717) is 12.3 Å². The molecule has 1 saturated heterocycles. The van der Waals surface area contributed by atoms with Gasteiger partial charge in [-0.25, -0.2) is 4.98 Å². The Morgan fingerprint density at radius 1 is 1.03 bits per heavy atom. The number of anilines is 1. The first-order valence-corrected chi connectivity index (χ1v) is 10.7. The van der Waals surface area contributed by atoms with Gasteiger partial charge < -0.3 is 14.8 Å². The first-order chi connectivity index (χ1) is 14.2. The van der Waals surface area contributed by atoms with Gasteiger partial charge in [-0.3, -0.25) is 4.79 Å². The minimum atomic E-state index is 0.289. The molecule has 1 amide bonds. The third-order valence-electron chi connectivity index (χ3n) is 5.82. The quantitative estimate of drug-likeness (QED) is 0.684. The summed E-state index contributed by atoms with van der Waals surface area (Å²) >= 11 is 0. The van der Waals surface area contributed by atoms with Crippen molar-refractivity contribution in [2.75, 3.05) is 31.1 Å². The van der Waals surface area contributed by atoms with Crippen molar-refractivity contribution in [3.05, 3.63) is 60.2 Å². The van der Waals surface area contributed by atoms with E-state index < -0.39 is 0 Å². The predicted molar refractivity (Wildman–Crippen MR) is 118 cm³/mol. The van der Waals surface area contributed by atoms with Crippen molar-refractivity contribution >= 4 is 22.9 Å². The van der Waals surface area contributed by atoms with Crippen LogP contribution in [-0.2, 0) is 11.2 Å². The van der Waals surface area contributed by atoms with Crippen LogP contribution in [0.2, 0.25) is 0 Å². The number of imidazole rings is 1. The first-order valence-electron chi connectivity index (χ1n) is 10.7. The van der Waals surface area contributed by atoms with Crippen LogP contribution in [0.4, 0.5) is 5.95 Å². The summed E-state index contributed by atoms with van der Waals surface area (Å²) < 4.78 is 0. The molecule has 0 bridgehead atoms. The average Bonchev–Trinajstić information content (AvgIpc) is 3.02. The fourth-order valence-electron chi connectivity index (χ4n) is 4.05. The zero-order valence-electron chi connectivity index (χ0n) is 17.2. The molecule has 5 heteroatoms. The second-order valence-corrected chi connectivity index (χ2v) is 8.13. The van der Waals surface area contributed by atoms with E-state index in [1.165, 1.54) is 5.56 Å². The van der Waals surface area contributed by atoms with E-state index in [1.807, 2.05) is 29.2 Å². The molecule has 3 aromatic rings. The molecule has 1 aliphatic heterocycles. The molecule has 2 heterocycles. The highest BCUT2D eigenvalue weighted by Crippen LogP contribution is 2.20. The smallest absolute Gasteiger partial charge is 0.222 e. The van der Waals surface area contributed by atoms with Crippen molar-refractivity contribution in [2.24, 2.45) is 5.92 Å². The van der Waals surface area contributed by atoms with Crippen LogP contribution >= 0.6 is 0 Å². The molecule has 29 heavy (non-hydrogen) atoms. The predicted octanol–water partition coefficient (Wildman–Crippen LogP) is 4.26. The summed E-state index contributed by atoms with van der Waals surface area (Å²) in [5.74, 6) is 1.60. The Hall–Kier alpha value is -2.82. The monoisotopic (exact) mass is 390 g/mol. The van der Waals surface area contributed by atoms with Crippen LogP contribution in [0.5, 0.6) is 0 Å². The second kappa shape index (κ2) is 9.12. The van der Waals surface area contributed by atoms with E-state index in [1.54, 1.807) is 0 Å². The summed E-state index contributed by atoms with van der Waals surface area (Å²) in [6.45, 7) is 5.54. The highest BCUT2D eigenvalue weighted by Gasteiger charge is 2.22. The third kappa shape index (κ3) is 4.97. The molecule has 1 aromatic heterocycles. The molecule has 1 N–H and O–H groups in total. The summed E-state index contributed by atoms with van der Waals surface area (Å²) in [6, 6.07) is 18.6. The number of nitrogens with one attached hydrogen (secondary N) is 1. The van der Waals surface area contributed by atoms with Crippen LogP contribution in [0.1, 0.15) is 31.7 Å². The fraction of sp³-hybridized carbons (Fsp3) is 0.417. The van der Waals surface area contributed by atoms with E-state index in [-0.39, 0.29) is 5.91 Å². The number of H-pyrrole nitrogens is 1. The van der Waals surface area contributed by atoms with E-state index in [4.69, 9.17) is 4.98 Å². The maximum atomic E-state index is 12.8. The molecule has 1 fully saturated rings. The lowest BCUT2D eigenvalue weighted by atomic mass is 9.97. The number of para-hydroxylation sites is 2. The number of aryl methyl sites for hydroxylation is 1. The van der Waals surface area contributed by atoms with Crippen molar-refractivity contribution in [3.8, 4) is 0 Å². The molecule has 1 atom stereocenters. The zero-order chi connectivity index (χ0) is 20.1. The number of aromatic nitrogens is 2. The normalized spacial score (nSPS) is 16.0. The fourth-order valence-corrected chi connectivity index (χ4v) is 4.05. The number of benzene rings is 2. The van der Waals surface area contributed by atoms with Crippen LogP contribution in [0.25, 0.3) is 11.0 Å². The molecular weight excluding hydrogens is 360 g/mol. The Kier molecular flexibility index (Phi) is 6.13. The lowest BCUT2D eigenvalue weighted by Gasteiger charge is -2.23. The summed E-state index contributed by atoms with van der Waals surface area (Å²) in [5, 5.41) is 0. The standard InChI is InChI=1S/C24H30N4O/c1-19(12-13-20-8-3-2-4-9-20)18-23(29)27-14-7-15-28(17-16-27)24-25-21-10-5-6-11-22(21)26-24/h2-6,8-11,19H,7,12-18H2,1H3,(H,25,26). The third-order valence-corrected chi connectivity index (χ3v) is 5.82. The minimum absolute atomic E-state index is 0.289. The maximum absolute atomic E-state index is 12.8. The molecule has 1 unspecified atom stereocenters. The lowest BCUT2D eigenvalue weighted by molar-refractivity contribution is -0.131. The number of hydrogen-bond acceptors (Lipinski definition) is 3. The molecule has 2 aromatic carbocycles. The van der Waals surface area contributed by atoms with Gasteiger partial charge in [-0.15, -0.1) is 0 Å². The van der Waals surface area contributed by atoms with Gasteiger partial charge in [0.2, 0.25) is 11.9 Å². The number of rotatable bonds is 6. The number of aromatic amines is 1. The van der Waals surface area contributed by atoms with Crippen LogP contribution in [0, 0.1) is 5.92 Å². The van der Waals surface area contributed by atoms with Gasteiger partial charge in [0.15, 0.2) is 0 Å². The topological polar surface area (TPSA) is 52.2 Å². The lowest BCUT2D eigenvalue weighted by Crippen LogP contribution is -2.36. The summed E-state index contributed by atoms with van der Waals surface area (Å²) in [4.78, 5) is 25.3. The van der Waals surface area contributed by atoms with Crippen LogP contribution in [0.3, 0.4) is 0 Å². The molecule has 0 saturated carbocycles. The number of fused-ring (bicyclic) bond motifs is 1. The van der Waals surface area contributed by atoms with Crippen molar-refractivity contribution in [1.82, 2.24) is 14.9 Å². The van der Waals surface area contributed by atoms with Crippen molar-refractivity contribution in [2.45, 2.75) is 32.6 Å². The van der Waals surface area contributed by atoms with Gasteiger partial charge >= 0.3 is 0 Å². The number of amides is 1. The summed E-state index contributed by atoms with van der Waals surface area (Å²) in [7, 11) is 0. The number of carbonyl (C=O) groups excluding carboxylic acids is 1. The Morgan fingerprint density at radius 3 is 2.66 bits per heavy atom. The highest BCUT2D eigenvalue weighted by molar-refractivity contribution is 5.78. The van der Waals surface area contributed by atoms with E-state index in [2.05, 4.69) is 47.1 Å². The van der Waals surface area contributed by atoms with Crippen molar-refractivity contribution in [1.29, 1.82) is 0 Å². The van der Waals surface area contributed by atoms with Gasteiger partial charge in [0, 0.05) is 32.6 Å². The van der Waals surface area contributed by atoms with Crippen molar-refractivity contribution < 1.29 is 4.79 Å².